The number of hydrogen-bond donors (Lipinski definition) is 3. The predicted molar refractivity (Wildman–Crippen MR) is 125 cm³/mol. The highest BCUT2D eigenvalue weighted by molar-refractivity contribution is 5.96. The number of amides is 2. The van der Waals surface area contributed by atoms with E-state index in [1.807, 2.05) is 24.3 Å². The monoisotopic (exact) mass is 447 g/mol. The van der Waals surface area contributed by atoms with E-state index in [0.717, 1.165) is 43.5 Å². The Morgan fingerprint density at radius 2 is 2.03 bits per heavy atom. The molecular formula is C24H29N7O2. The summed E-state index contributed by atoms with van der Waals surface area (Å²) in [5.41, 5.74) is 6.98. The first-order valence-corrected chi connectivity index (χ1v) is 11.3. The topological polar surface area (TPSA) is 137 Å². The number of nitrogens with two attached hydrogens (primary N) is 1. The van der Waals surface area contributed by atoms with Gasteiger partial charge in [-0.1, -0.05) is 12.1 Å². The second-order valence-corrected chi connectivity index (χ2v) is 8.90. The van der Waals surface area contributed by atoms with Gasteiger partial charge in [-0.05, 0) is 56.2 Å². The van der Waals surface area contributed by atoms with E-state index in [1.54, 1.807) is 13.2 Å². The number of carbonyl (C=O) groups is 2. The van der Waals surface area contributed by atoms with Gasteiger partial charge in [0.15, 0.2) is 11.5 Å². The van der Waals surface area contributed by atoms with E-state index in [-0.39, 0.29) is 34.8 Å². The lowest BCUT2D eigenvalue weighted by Crippen LogP contribution is -2.45. The molecule has 2 aromatic rings. The van der Waals surface area contributed by atoms with Gasteiger partial charge in [0, 0.05) is 31.7 Å². The summed E-state index contributed by atoms with van der Waals surface area (Å²) in [6.07, 6.45) is 5.70. The van der Waals surface area contributed by atoms with E-state index in [0.29, 0.717) is 12.2 Å². The van der Waals surface area contributed by atoms with E-state index in [1.165, 1.54) is 0 Å². The Balaban J connectivity index is 1.58. The molecule has 2 fully saturated rings. The summed E-state index contributed by atoms with van der Waals surface area (Å²) in [7, 11) is 1.65. The molecule has 2 heterocycles. The number of aromatic nitrogens is 2. The molecule has 4 rings (SSSR count). The fourth-order valence-corrected chi connectivity index (χ4v) is 4.54. The Morgan fingerprint density at radius 1 is 1.30 bits per heavy atom. The summed E-state index contributed by atoms with van der Waals surface area (Å²) < 4.78 is 0. The van der Waals surface area contributed by atoms with Crippen molar-refractivity contribution in [1.29, 1.82) is 5.26 Å². The molecule has 0 radical (unpaired) electrons. The van der Waals surface area contributed by atoms with Gasteiger partial charge in [0.05, 0.1) is 17.7 Å². The van der Waals surface area contributed by atoms with Crippen LogP contribution in [0.1, 0.15) is 55.1 Å². The second-order valence-electron chi connectivity index (χ2n) is 8.90. The molecule has 1 aromatic heterocycles. The van der Waals surface area contributed by atoms with Crippen LogP contribution in [0, 0.1) is 17.2 Å². The van der Waals surface area contributed by atoms with Crippen molar-refractivity contribution in [2.75, 3.05) is 23.8 Å². The van der Waals surface area contributed by atoms with Crippen LogP contribution in [0.5, 0.6) is 0 Å². The summed E-state index contributed by atoms with van der Waals surface area (Å²) >= 11 is 0. The smallest absolute Gasteiger partial charge is 0.271 e. The van der Waals surface area contributed by atoms with E-state index in [9.17, 15) is 14.9 Å². The molecule has 2 aliphatic rings. The zero-order chi connectivity index (χ0) is 23.6. The van der Waals surface area contributed by atoms with E-state index < -0.39 is 5.91 Å². The average molecular weight is 448 g/mol. The van der Waals surface area contributed by atoms with Gasteiger partial charge in [-0.15, -0.1) is 0 Å². The van der Waals surface area contributed by atoms with Crippen molar-refractivity contribution >= 4 is 29.1 Å². The third kappa shape index (κ3) is 4.60. The molecule has 1 aliphatic carbocycles. The van der Waals surface area contributed by atoms with Crippen molar-refractivity contribution in [1.82, 2.24) is 15.3 Å². The molecule has 33 heavy (non-hydrogen) atoms. The molecule has 0 unspecified atom stereocenters. The molecule has 0 spiro atoms. The summed E-state index contributed by atoms with van der Waals surface area (Å²) in [4.78, 5) is 35.0. The first-order valence-electron chi connectivity index (χ1n) is 11.3. The van der Waals surface area contributed by atoms with Crippen LogP contribution in [-0.4, -0.2) is 41.4 Å². The van der Waals surface area contributed by atoms with Crippen LogP contribution in [0.2, 0.25) is 0 Å². The van der Waals surface area contributed by atoms with Gasteiger partial charge in [-0.2, -0.15) is 5.26 Å². The quantitative estimate of drug-likeness (QED) is 0.593. The summed E-state index contributed by atoms with van der Waals surface area (Å²) in [6, 6.07) is 10.1. The number of benzene rings is 1. The van der Waals surface area contributed by atoms with Gasteiger partial charge < -0.3 is 21.3 Å². The number of nitrogens with one attached hydrogen (secondary N) is 2. The average Bonchev–Trinajstić information content (AvgIpc) is 3.62. The molecule has 1 saturated carbocycles. The van der Waals surface area contributed by atoms with Gasteiger partial charge >= 0.3 is 0 Å². The molecule has 0 bridgehead atoms. The molecule has 1 saturated heterocycles. The minimum Gasteiger partial charge on any atom is -0.364 e. The largest absolute Gasteiger partial charge is 0.364 e. The lowest BCUT2D eigenvalue weighted by atomic mass is 9.87. The molecule has 9 nitrogen and oxygen atoms in total. The molecule has 2 amide bonds. The minimum atomic E-state index is -0.668. The number of primary amides is 1. The number of hydrogen-bond acceptors (Lipinski definition) is 7. The lowest BCUT2D eigenvalue weighted by molar-refractivity contribution is -0.121. The van der Waals surface area contributed by atoms with Crippen LogP contribution in [0.25, 0.3) is 0 Å². The van der Waals surface area contributed by atoms with Crippen LogP contribution >= 0.6 is 0 Å². The van der Waals surface area contributed by atoms with Gasteiger partial charge in [-0.3, -0.25) is 9.59 Å². The first-order chi connectivity index (χ1) is 15.9. The normalized spacial score (nSPS) is 21.1. The Labute approximate surface area is 193 Å². The van der Waals surface area contributed by atoms with Gasteiger partial charge in [0.25, 0.3) is 5.91 Å². The van der Waals surface area contributed by atoms with Gasteiger partial charge in [0.2, 0.25) is 5.91 Å². The lowest BCUT2D eigenvalue weighted by Gasteiger charge is -2.40. The van der Waals surface area contributed by atoms with Crippen LogP contribution in [0.15, 0.2) is 30.5 Å². The fraction of sp³-hybridized carbons (Fsp3) is 0.458. The molecule has 9 heteroatoms. The molecule has 1 aliphatic heterocycles. The number of nitriles is 1. The van der Waals surface area contributed by atoms with Crippen molar-refractivity contribution < 1.29 is 9.59 Å². The maximum atomic E-state index is 12.0. The van der Waals surface area contributed by atoms with Crippen LogP contribution in [-0.2, 0) is 10.2 Å². The first kappa shape index (κ1) is 22.5. The maximum Gasteiger partial charge on any atom is 0.271 e. The van der Waals surface area contributed by atoms with Crippen molar-refractivity contribution in [2.45, 2.75) is 50.5 Å². The van der Waals surface area contributed by atoms with Crippen LogP contribution in [0.3, 0.4) is 0 Å². The van der Waals surface area contributed by atoms with E-state index >= 15 is 0 Å². The predicted octanol–water partition coefficient (Wildman–Crippen LogP) is 2.62. The van der Waals surface area contributed by atoms with Gasteiger partial charge in [-0.25, -0.2) is 9.97 Å². The van der Waals surface area contributed by atoms with Crippen molar-refractivity contribution in [3.8, 4) is 6.07 Å². The third-order valence-corrected chi connectivity index (χ3v) is 6.83. The van der Waals surface area contributed by atoms with Crippen LogP contribution < -0.4 is 21.3 Å². The number of carbonyl (C=O) groups excluding carboxylic acids is 2. The molecule has 1 aromatic carbocycles. The third-order valence-electron chi connectivity index (χ3n) is 6.83. The van der Waals surface area contributed by atoms with Crippen molar-refractivity contribution in [2.24, 2.45) is 11.7 Å². The Bertz CT molecular complexity index is 1090. The SMILES string of the molecule is CNC(=O)C[C@@H]1CCCN(c2cnc(C(N)=O)c(Nc3ccc(C4(C#N)CC4)cc3)n2)[C@@H]1C. The minimum absolute atomic E-state index is 0.0269. The Hall–Kier alpha value is -3.67. The highest BCUT2D eigenvalue weighted by Crippen LogP contribution is 2.47. The zero-order valence-corrected chi connectivity index (χ0v) is 19.0. The summed E-state index contributed by atoms with van der Waals surface area (Å²) in [6.45, 7) is 2.88. The second kappa shape index (κ2) is 9.06. The number of piperidine rings is 1. The molecular weight excluding hydrogens is 418 g/mol. The summed E-state index contributed by atoms with van der Waals surface area (Å²) in [5, 5.41) is 15.3. The molecule has 172 valence electrons. The Morgan fingerprint density at radius 3 is 2.64 bits per heavy atom. The van der Waals surface area contributed by atoms with Crippen molar-refractivity contribution in [3.63, 3.8) is 0 Å². The maximum absolute atomic E-state index is 12.0. The standard InChI is InChI=1S/C24H29N7O2/c1-15-16(12-20(32)27-2)4-3-11-31(15)19-13-28-21(22(26)33)23(30-19)29-18-7-5-17(6-8-18)24(14-25)9-10-24/h5-8,13,15-16H,3-4,9-12H2,1-2H3,(H2,26,33)(H,27,32)(H,29,30)/t15-,16+/m1/s1. The number of anilines is 3. The number of rotatable bonds is 7. The number of nitrogens with zero attached hydrogens (tertiary/aromatic N) is 4. The van der Waals surface area contributed by atoms with E-state index in [4.69, 9.17) is 10.7 Å². The van der Waals surface area contributed by atoms with Crippen molar-refractivity contribution in [3.05, 3.63) is 41.7 Å². The summed E-state index contributed by atoms with van der Waals surface area (Å²) in [5.74, 6) is 0.484. The molecule has 4 N–H and O–H groups in total. The van der Waals surface area contributed by atoms with E-state index in [2.05, 4.69) is 33.5 Å². The highest BCUT2D eigenvalue weighted by Gasteiger charge is 2.44. The highest BCUT2D eigenvalue weighted by atomic mass is 16.2. The van der Waals surface area contributed by atoms with Gasteiger partial charge in [0.1, 0.15) is 5.82 Å². The zero-order valence-electron chi connectivity index (χ0n) is 19.0. The fourth-order valence-electron chi connectivity index (χ4n) is 4.54. The molecule has 2 atom stereocenters. The van der Waals surface area contributed by atoms with Crippen LogP contribution in [0.4, 0.5) is 17.3 Å². The Kier molecular flexibility index (Phi) is 6.18.